The van der Waals surface area contributed by atoms with Crippen LogP contribution in [0.1, 0.15) is 37.3 Å². The van der Waals surface area contributed by atoms with Gasteiger partial charge in [-0.2, -0.15) is 4.31 Å². The number of nitrogens with zero attached hydrogens (tertiary/aromatic N) is 1. The maximum atomic E-state index is 12.9. The van der Waals surface area contributed by atoms with Crippen LogP contribution in [-0.4, -0.2) is 51.0 Å². The van der Waals surface area contributed by atoms with Crippen molar-refractivity contribution in [2.24, 2.45) is 0 Å². The molecule has 2 heterocycles. The Morgan fingerprint density at radius 2 is 1.78 bits per heavy atom. The molecule has 0 saturated carbocycles. The third-order valence-corrected chi connectivity index (χ3v) is 8.73. The van der Waals surface area contributed by atoms with Crippen molar-refractivity contribution in [1.82, 2.24) is 4.31 Å². The molecule has 1 aromatic heterocycles. The van der Waals surface area contributed by atoms with E-state index in [1.54, 1.807) is 31.2 Å². The Kier molecular flexibility index (Phi) is 7.32. The SMILES string of the molecule is C[C@@H](Oc1ccc2c3c(c(=O)oc2c1)CCCCC3)C(=O)Nc1cccc(S(=O)(=O)N2CCOCC2)c1. The molecule has 1 N–H and O–H groups in total. The summed E-state index contributed by atoms with van der Waals surface area (Å²) in [4.78, 5) is 25.5. The van der Waals surface area contributed by atoms with Crippen LogP contribution < -0.4 is 15.7 Å². The zero-order valence-electron chi connectivity index (χ0n) is 20.7. The minimum atomic E-state index is -3.69. The summed E-state index contributed by atoms with van der Waals surface area (Å²) >= 11 is 0. The number of carbonyl (C=O) groups excluding carboxylic acids is 1. The number of amides is 1. The fraction of sp³-hybridized carbons (Fsp3) is 0.407. The molecule has 1 aliphatic carbocycles. The van der Waals surface area contributed by atoms with Crippen molar-refractivity contribution in [3.63, 3.8) is 0 Å². The number of sulfonamides is 1. The van der Waals surface area contributed by atoms with Gasteiger partial charge in [0.05, 0.1) is 18.1 Å². The number of anilines is 1. The van der Waals surface area contributed by atoms with Gasteiger partial charge in [-0.25, -0.2) is 13.2 Å². The van der Waals surface area contributed by atoms with E-state index in [4.69, 9.17) is 13.9 Å². The third kappa shape index (κ3) is 5.41. The van der Waals surface area contributed by atoms with E-state index in [1.807, 2.05) is 6.07 Å². The fourth-order valence-electron chi connectivity index (χ4n) is 4.85. The van der Waals surface area contributed by atoms with Crippen LogP contribution in [0.5, 0.6) is 5.75 Å². The van der Waals surface area contributed by atoms with Crippen LogP contribution in [0.4, 0.5) is 5.69 Å². The number of ether oxygens (including phenoxy) is 2. The summed E-state index contributed by atoms with van der Waals surface area (Å²) < 4.78 is 43.9. The average Bonchev–Trinajstić information content (AvgIpc) is 3.16. The topological polar surface area (TPSA) is 115 Å². The van der Waals surface area contributed by atoms with Gasteiger partial charge in [-0.1, -0.05) is 12.5 Å². The predicted octanol–water partition coefficient (Wildman–Crippen LogP) is 3.49. The van der Waals surface area contributed by atoms with Crippen LogP contribution >= 0.6 is 0 Å². The second-order valence-electron chi connectivity index (χ2n) is 9.36. The number of benzene rings is 2. The normalized spacial score (nSPS) is 17.5. The van der Waals surface area contributed by atoms with Gasteiger partial charge in [0.1, 0.15) is 11.3 Å². The smallest absolute Gasteiger partial charge is 0.339 e. The van der Waals surface area contributed by atoms with Crippen LogP contribution in [0.2, 0.25) is 0 Å². The Balaban J connectivity index is 1.30. The molecule has 37 heavy (non-hydrogen) atoms. The largest absolute Gasteiger partial charge is 0.481 e. The third-order valence-electron chi connectivity index (χ3n) is 6.84. The molecule has 1 saturated heterocycles. The van der Waals surface area contributed by atoms with Crippen molar-refractivity contribution in [2.75, 3.05) is 31.6 Å². The van der Waals surface area contributed by atoms with Crippen molar-refractivity contribution in [3.05, 3.63) is 64.0 Å². The molecule has 9 nitrogen and oxygen atoms in total. The van der Waals surface area contributed by atoms with Gasteiger partial charge >= 0.3 is 5.63 Å². The molecular weight excluding hydrogens is 496 g/mol. The fourth-order valence-corrected chi connectivity index (χ4v) is 6.30. The van der Waals surface area contributed by atoms with Crippen LogP contribution in [0.3, 0.4) is 0 Å². The molecule has 2 aromatic carbocycles. The summed E-state index contributed by atoms with van der Waals surface area (Å²) in [6.07, 6.45) is 3.81. The average molecular weight is 527 g/mol. The van der Waals surface area contributed by atoms with Gasteiger partial charge in [0.2, 0.25) is 10.0 Å². The zero-order valence-corrected chi connectivity index (χ0v) is 21.5. The van der Waals surface area contributed by atoms with E-state index < -0.39 is 22.0 Å². The highest BCUT2D eigenvalue weighted by atomic mass is 32.2. The van der Waals surface area contributed by atoms with Crippen LogP contribution in [0, 0.1) is 0 Å². The number of hydrogen-bond acceptors (Lipinski definition) is 7. The Labute approximate surface area is 215 Å². The second-order valence-corrected chi connectivity index (χ2v) is 11.3. The van der Waals surface area contributed by atoms with Crippen LogP contribution in [0.15, 0.2) is 56.6 Å². The molecule has 2 aliphatic rings. The van der Waals surface area contributed by atoms with Crippen molar-refractivity contribution < 1.29 is 27.1 Å². The maximum Gasteiger partial charge on any atom is 0.339 e. The lowest BCUT2D eigenvalue weighted by Crippen LogP contribution is -2.40. The summed E-state index contributed by atoms with van der Waals surface area (Å²) in [5.41, 5.74) is 2.30. The molecular formula is C27H30N2O7S. The Hall–Kier alpha value is -3.21. The summed E-state index contributed by atoms with van der Waals surface area (Å²) in [6.45, 7) is 2.88. The summed E-state index contributed by atoms with van der Waals surface area (Å²) in [5, 5.41) is 3.63. The summed E-state index contributed by atoms with van der Waals surface area (Å²) in [5.74, 6) is -0.0417. The van der Waals surface area contributed by atoms with Gasteiger partial charge < -0.3 is 19.2 Å². The molecule has 196 valence electrons. The first-order valence-electron chi connectivity index (χ1n) is 12.6. The van der Waals surface area contributed by atoms with Gasteiger partial charge in [-0.05, 0) is 68.5 Å². The number of fused-ring (bicyclic) bond motifs is 3. The Morgan fingerprint density at radius 1 is 1.03 bits per heavy atom. The van der Waals surface area contributed by atoms with Gasteiger partial charge in [0.15, 0.2) is 6.10 Å². The van der Waals surface area contributed by atoms with E-state index in [1.165, 1.54) is 16.4 Å². The molecule has 10 heteroatoms. The molecule has 1 fully saturated rings. The van der Waals surface area contributed by atoms with Gasteiger partial charge in [0.25, 0.3) is 5.91 Å². The molecule has 0 spiro atoms. The lowest BCUT2D eigenvalue weighted by molar-refractivity contribution is -0.122. The lowest BCUT2D eigenvalue weighted by atomic mass is 10.0. The first-order valence-corrected chi connectivity index (χ1v) is 14.0. The Bertz CT molecular complexity index is 1480. The van der Waals surface area contributed by atoms with Gasteiger partial charge in [-0.15, -0.1) is 0 Å². The molecule has 5 rings (SSSR count). The first kappa shape index (κ1) is 25.4. The highest BCUT2D eigenvalue weighted by molar-refractivity contribution is 7.89. The number of nitrogens with one attached hydrogen (secondary N) is 1. The standard InChI is InChI=1S/C27H30N2O7S/c1-18(26(30)28-19-6-5-7-21(16-19)37(32,33)29-12-14-34-15-13-29)35-20-10-11-23-22-8-3-2-4-9-24(22)27(31)36-25(23)17-20/h5-7,10-11,16-18H,2-4,8-9,12-15H2,1H3,(H,28,30)/t18-/m1/s1. The molecule has 0 bridgehead atoms. The number of aryl methyl sites for hydroxylation is 1. The van der Waals surface area contributed by atoms with Crippen molar-refractivity contribution >= 4 is 32.6 Å². The van der Waals surface area contributed by atoms with Gasteiger partial charge in [-0.3, -0.25) is 4.79 Å². The monoisotopic (exact) mass is 526 g/mol. The van der Waals surface area contributed by atoms with Crippen LogP contribution in [-0.2, 0) is 32.4 Å². The molecule has 0 radical (unpaired) electrons. The van der Waals surface area contributed by atoms with E-state index in [9.17, 15) is 18.0 Å². The van der Waals surface area contributed by atoms with Crippen LogP contribution in [0.25, 0.3) is 11.0 Å². The number of rotatable bonds is 6. The highest BCUT2D eigenvalue weighted by Gasteiger charge is 2.27. The van der Waals surface area contributed by atoms with E-state index in [0.717, 1.165) is 48.6 Å². The van der Waals surface area contributed by atoms with Crippen molar-refractivity contribution in [3.8, 4) is 5.75 Å². The predicted molar refractivity (Wildman–Crippen MR) is 138 cm³/mol. The quantitative estimate of drug-likeness (QED) is 0.386. The second kappa shape index (κ2) is 10.6. The highest BCUT2D eigenvalue weighted by Crippen LogP contribution is 2.29. The molecule has 1 aliphatic heterocycles. The van der Waals surface area contributed by atoms with E-state index >= 15 is 0 Å². The minimum Gasteiger partial charge on any atom is -0.481 e. The van der Waals surface area contributed by atoms with Crippen molar-refractivity contribution in [2.45, 2.75) is 50.0 Å². The van der Waals surface area contributed by atoms with Gasteiger partial charge in [0, 0.05) is 35.8 Å². The Morgan fingerprint density at radius 3 is 2.57 bits per heavy atom. The molecule has 3 aromatic rings. The summed E-state index contributed by atoms with van der Waals surface area (Å²) in [6, 6.07) is 11.4. The number of morpholine rings is 1. The lowest BCUT2D eigenvalue weighted by Gasteiger charge is -2.26. The minimum absolute atomic E-state index is 0.101. The van der Waals surface area contributed by atoms with E-state index in [-0.39, 0.29) is 10.5 Å². The first-order chi connectivity index (χ1) is 17.8. The number of hydrogen-bond donors (Lipinski definition) is 1. The van der Waals surface area contributed by atoms with Crippen molar-refractivity contribution in [1.29, 1.82) is 0 Å². The number of carbonyl (C=O) groups is 1. The molecule has 0 unspecified atom stereocenters. The maximum absolute atomic E-state index is 12.9. The molecule has 1 atom stereocenters. The zero-order chi connectivity index (χ0) is 26.0. The van der Waals surface area contributed by atoms with E-state index in [0.29, 0.717) is 43.3 Å². The van der Waals surface area contributed by atoms with E-state index in [2.05, 4.69) is 5.32 Å². The summed E-state index contributed by atoms with van der Waals surface area (Å²) in [7, 11) is -3.69. The molecule has 1 amide bonds.